The van der Waals surface area contributed by atoms with Crippen molar-refractivity contribution in [3.8, 4) is 28.1 Å². The van der Waals surface area contributed by atoms with Gasteiger partial charge in [0.05, 0.1) is 11.8 Å². The van der Waals surface area contributed by atoms with E-state index in [2.05, 4.69) is 48.0 Å². The summed E-state index contributed by atoms with van der Waals surface area (Å²) in [6, 6.07) is 16.8. The Labute approximate surface area is 183 Å². The van der Waals surface area contributed by atoms with Gasteiger partial charge in [0, 0.05) is 23.4 Å². The van der Waals surface area contributed by atoms with Crippen LogP contribution in [0.4, 0.5) is 4.39 Å². The molecule has 0 aliphatic heterocycles. The average molecular weight is 418 g/mol. The Morgan fingerprint density at radius 1 is 1.10 bits per heavy atom. The number of hydrogen-bond acceptors (Lipinski definition) is 3. The minimum absolute atomic E-state index is 0.236. The molecule has 0 aliphatic carbocycles. The Bertz CT molecular complexity index is 1010. The van der Waals surface area contributed by atoms with Crippen LogP contribution in [0.1, 0.15) is 31.7 Å². The van der Waals surface area contributed by atoms with Crippen molar-refractivity contribution in [1.29, 1.82) is 0 Å². The van der Waals surface area contributed by atoms with E-state index in [0.29, 0.717) is 23.6 Å². The molecular weight excluding hydrogens is 389 g/mol. The molecule has 1 unspecified atom stereocenters. The quantitative estimate of drug-likeness (QED) is 0.295. The fourth-order valence-electron chi connectivity index (χ4n) is 3.21. The van der Waals surface area contributed by atoms with Crippen LogP contribution in [0.2, 0.25) is 0 Å². The van der Waals surface area contributed by atoms with Crippen LogP contribution in [0.3, 0.4) is 0 Å². The van der Waals surface area contributed by atoms with Crippen LogP contribution in [0, 0.1) is 5.82 Å². The van der Waals surface area contributed by atoms with Gasteiger partial charge in [-0.3, -0.25) is 4.98 Å². The fraction of sp³-hybridized carbons (Fsp3) is 0.222. The van der Waals surface area contributed by atoms with Crippen LogP contribution in [-0.4, -0.2) is 22.8 Å². The Morgan fingerprint density at radius 2 is 1.87 bits per heavy atom. The molecule has 160 valence electrons. The van der Waals surface area contributed by atoms with Crippen molar-refractivity contribution < 1.29 is 14.2 Å². The number of aromatic nitrogens is 1. The second-order valence-corrected chi connectivity index (χ2v) is 7.48. The van der Waals surface area contributed by atoms with E-state index in [-0.39, 0.29) is 11.9 Å². The van der Waals surface area contributed by atoms with E-state index >= 15 is 0 Å². The summed E-state index contributed by atoms with van der Waals surface area (Å²) < 4.78 is 19.8. The monoisotopic (exact) mass is 417 g/mol. The summed E-state index contributed by atoms with van der Waals surface area (Å²) >= 11 is 0. The molecule has 0 bridgehead atoms. The second-order valence-electron chi connectivity index (χ2n) is 7.48. The first-order chi connectivity index (χ1) is 15.1. The zero-order chi connectivity index (χ0) is 22.1. The largest absolute Gasteiger partial charge is 0.489 e. The number of benzene rings is 2. The first kappa shape index (κ1) is 22.4. The Morgan fingerprint density at radius 3 is 2.52 bits per heavy atom. The van der Waals surface area contributed by atoms with Gasteiger partial charge >= 0.3 is 0 Å². The maximum atomic E-state index is 14.5. The molecule has 0 spiro atoms. The minimum atomic E-state index is -0.369. The molecule has 3 aromatic rings. The molecule has 0 fully saturated rings. The van der Waals surface area contributed by atoms with Crippen molar-refractivity contribution in [2.45, 2.75) is 32.3 Å². The molecular formula is C27H28FNO2. The lowest BCUT2D eigenvalue weighted by atomic mass is 10.0. The lowest BCUT2D eigenvalue weighted by Gasteiger charge is -2.08. The molecule has 0 radical (unpaired) electrons. The number of nitrogens with zero attached hydrogens (tertiary/aromatic N) is 1. The first-order valence-corrected chi connectivity index (χ1v) is 10.5. The standard InChI is InChI=1S/C27H28FNO2/c1-3-17-31-24-14-15-25(26(28)18-24)27-16-13-23(19-29-27)22-11-9-21(10-12-22)8-6-4-5-7-20(2)30/h3,6,8-16,18-20,30H,1,4-5,7,17H2,2H3. The maximum absolute atomic E-state index is 14.5. The lowest BCUT2D eigenvalue weighted by molar-refractivity contribution is 0.182. The molecule has 1 atom stereocenters. The summed E-state index contributed by atoms with van der Waals surface area (Å²) in [4.78, 5) is 4.45. The van der Waals surface area contributed by atoms with E-state index in [0.717, 1.165) is 36.0 Å². The molecule has 4 heteroatoms. The molecule has 0 saturated heterocycles. The normalized spacial score (nSPS) is 12.1. The number of ether oxygens (including phenoxy) is 1. The smallest absolute Gasteiger partial charge is 0.136 e. The summed E-state index contributed by atoms with van der Waals surface area (Å²) in [5, 5.41) is 9.29. The van der Waals surface area contributed by atoms with Crippen molar-refractivity contribution >= 4 is 6.08 Å². The molecule has 1 N–H and O–H groups in total. The van der Waals surface area contributed by atoms with Crippen LogP contribution < -0.4 is 4.74 Å². The third-order valence-electron chi connectivity index (χ3n) is 4.89. The third-order valence-corrected chi connectivity index (χ3v) is 4.89. The Hall–Kier alpha value is -3.24. The van der Waals surface area contributed by atoms with Gasteiger partial charge in [0.25, 0.3) is 0 Å². The predicted molar refractivity (Wildman–Crippen MR) is 125 cm³/mol. The van der Waals surface area contributed by atoms with E-state index in [1.165, 1.54) is 6.07 Å². The maximum Gasteiger partial charge on any atom is 0.136 e. The zero-order valence-corrected chi connectivity index (χ0v) is 17.8. The molecule has 2 aromatic carbocycles. The highest BCUT2D eigenvalue weighted by Crippen LogP contribution is 2.27. The number of halogens is 1. The van der Waals surface area contributed by atoms with Crippen molar-refractivity contribution in [2.75, 3.05) is 6.61 Å². The SMILES string of the molecule is C=CCOc1ccc(-c2ccc(-c3ccc(C=CCCCC(C)O)cc3)cn2)c(F)c1. The van der Waals surface area contributed by atoms with Gasteiger partial charge in [0.1, 0.15) is 18.2 Å². The van der Waals surface area contributed by atoms with E-state index < -0.39 is 0 Å². The molecule has 31 heavy (non-hydrogen) atoms. The molecule has 1 aromatic heterocycles. The van der Waals surface area contributed by atoms with Gasteiger partial charge < -0.3 is 9.84 Å². The van der Waals surface area contributed by atoms with Crippen molar-refractivity contribution in [3.63, 3.8) is 0 Å². The minimum Gasteiger partial charge on any atom is -0.489 e. The van der Waals surface area contributed by atoms with Crippen LogP contribution in [-0.2, 0) is 0 Å². The lowest BCUT2D eigenvalue weighted by Crippen LogP contribution is -1.97. The Kier molecular flexibility index (Phi) is 8.13. The number of pyridine rings is 1. The summed E-state index contributed by atoms with van der Waals surface area (Å²) in [6.07, 6.45) is 10.1. The third kappa shape index (κ3) is 6.63. The highest BCUT2D eigenvalue weighted by Gasteiger charge is 2.09. The molecule has 1 heterocycles. The molecule has 0 amide bonds. The van der Waals surface area contributed by atoms with Crippen LogP contribution in [0.15, 0.2) is 79.5 Å². The van der Waals surface area contributed by atoms with Gasteiger partial charge in [-0.1, -0.05) is 55.1 Å². The molecule has 0 saturated carbocycles. The number of aliphatic hydroxyl groups excluding tert-OH is 1. The van der Waals surface area contributed by atoms with E-state index in [4.69, 9.17) is 4.74 Å². The number of rotatable bonds is 10. The number of hydrogen-bond donors (Lipinski definition) is 1. The molecule has 3 rings (SSSR count). The van der Waals surface area contributed by atoms with Gasteiger partial charge in [0.2, 0.25) is 0 Å². The topological polar surface area (TPSA) is 42.4 Å². The number of unbranched alkanes of at least 4 members (excludes halogenated alkanes) is 1. The first-order valence-electron chi connectivity index (χ1n) is 10.5. The predicted octanol–water partition coefficient (Wildman–Crippen LogP) is 6.68. The van der Waals surface area contributed by atoms with Crippen LogP contribution >= 0.6 is 0 Å². The average Bonchev–Trinajstić information content (AvgIpc) is 2.78. The highest BCUT2D eigenvalue weighted by atomic mass is 19.1. The van der Waals surface area contributed by atoms with Gasteiger partial charge in [-0.2, -0.15) is 0 Å². The fourth-order valence-corrected chi connectivity index (χ4v) is 3.21. The summed E-state index contributed by atoms with van der Waals surface area (Å²) in [5.74, 6) is 0.0984. The highest BCUT2D eigenvalue weighted by molar-refractivity contribution is 5.68. The molecule has 0 aliphatic rings. The summed E-state index contributed by atoms with van der Waals surface area (Å²) in [7, 11) is 0. The van der Waals surface area contributed by atoms with E-state index in [9.17, 15) is 9.50 Å². The second kappa shape index (κ2) is 11.2. The zero-order valence-electron chi connectivity index (χ0n) is 17.8. The van der Waals surface area contributed by atoms with E-state index in [1.807, 2.05) is 19.1 Å². The number of aliphatic hydroxyl groups is 1. The molecule has 3 nitrogen and oxygen atoms in total. The van der Waals surface area contributed by atoms with Crippen molar-refractivity contribution in [3.05, 3.63) is 90.9 Å². The van der Waals surface area contributed by atoms with Crippen molar-refractivity contribution in [1.82, 2.24) is 4.98 Å². The summed E-state index contributed by atoms with van der Waals surface area (Å²) in [5.41, 5.74) is 4.18. The van der Waals surface area contributed by atoms with Crippen LogP contribution in [0.5, 0.6) is 5.75 Å². The van der Waals surface area contributed by atoms with Crippen molar-refractivity contribution in [2.24, 2.45) is 0 Å². The van der Waals surface area contributed by atoms with Gasteiger partial charge in [-0.15, -0.1) is 0 Å². The number of allylic oxidation sites excluding steroid dienone is 1. The summed E-state index contributed by atoms with van der Waals surface area (Å²) in [6.45, 7) is 5.74. The van der Waals surface area contributed by atoms with Gasteiger partial charge in [-0.05, 0) is 55.5 Å². The van der Waals surface area contributed by atoms with Crippen LogP contribution in [0.25, 0.3) is 28.5 Å². The Balaban J connectivity index is 1.65. The van der Waals surface area contributed by atoms with Gasteiger partial charge in [-0.25, -0.2) is 4.39 Å². The van der Waals surface area contributed by atoms with Gasteiger partial charge in [0.15, 0.2) is 0 Å². The van der Waals surface area contributed by atoms with E-state index in [1.54, 1.807) is 24.4 Å².